The van der Waals surface area contributed by atoms with Crippen molar-refractivity contribution < 1.29 is 9.50 Å². The topological polar surface area (TPSA) is 20.2 Å². The maximum atomic E-state index is 13.0. The molecule has 0 saturated carbocycles. The average molecular weight is 182 g/mol. The van der Waals surface area contributed by atoms with Gasteiger partial charge >= 0.3 is 0 Å². The van der Waals surface area contributed by atoms with Crippen molar-refractivity contribution in [3.05, 3.63) is 35.1 Å². The molecule has 1 nitrogen and oxygen atoms in total. The van der Waals surface area contributed by atoms with Crippen LogP contribution in [0.4, 0.5) is 4.39 Å². The van der Waals surface area contributed by atoms with E-state index in [9.17, 15) is 9.50 Å². The predicted molar refractivity (Wildman–Crippen MR) is 51.0 cm³/mol. The highest BCUT2D eigenvalue weighted by Crippen LogP contribution is 2.25. The fourth-order valence-electron chi connectivity index (χ4n) is 1.25. The van der Waals surface area contributed by atoms with E-state index in [0.717, 1.165) is 5.56 Å². The summed E-state index contributed by atoms with van der Waals surface area (Å²) in [6.07, 6.45) is 0.579. The van der Waals surface area contributed by atoms with E-state index in [1.165, 1.54) is 12.1 Å². The van der Waals surface area contributed by atoms with Crippen molar-refractivity contribution in [3.8, 4) is 0 Å². The van der Waals surface area contributed by atoms with Crippen molar-refractivity contribution in [1.29, 1.82) is 0 Å². The molecule has 0 heterocycles. The van der Waals surface area contributed by atoms with Crippen LogP contribution in [0.3, 0.4) is 0 Å². The summed E-state index contributed by atoms with van der Waals surface area (Å²) in [5.41, 5.74) is 0.559. The van der Waals surface area contributed by atoms with Crippen molar-refractivity contribution in [2.75, 3.05) is 0 Å². The molecule has 1 atom stereocenters. The first kappa shape index (κ1) is 10.2. The largest absolute Gasteiger partial charge is 0.385 e. The second-order valence-electron chi connectivity index (χ2n) is 3.64. The van der Waals surface area contributed by atoms with Crippen LogP contribution in [0.25, 0.3) is 0 Å². The first-order valence-electron chi connectivity index (χ1n) is 4.46. The summed E-state index contributed by atoms with van der Waals surface area (Å²) in [5.74, 6) is -0.288. The zero-order chi connectivity index (χ0) is 10.1. The van der Waals surface area contributed by atoms with Gasteiger partial charge in [0.05, 0.1) is 5.60 Å². The van der Waals surface area contributed by atoms with E-state index in [4.69, 9.17) is 0 Å². The zero-order valence-electron chi connectivity index (χ0n) is 8.26. The lowest BCUT2D eigenvalue weighted by Gasteiger charge is -2.22. The van der Waals surface area contributed by atoms with Crippen LogP contribution in [0.2, 0.25) is 0 Å². The van der Waals surface area contributed by atoms with Gasteiger partial charge in [0.15, 0.2) is 0 Å². The second kappa shape index (κ2) is 3.46. The van der Waals surface area contributed by atoms with Gasteiger partial charge in [0, 0.05) is 0 Å². The fourth-order valence-corrected chi connectivity index (χ4v) is 1.25. The Morgan fingerprint density at radius 3 is 2.46 bits per heavy atom. The minimum Gasteiger partial charge on any atom is -0.385 e. The van der Waals surface area contributed by atoms with Crippen LogP contribution in [0.5, 0.6) is 0 Å². The minimum atomic E-state index is -0.924. The Hall–Kier alpha value is -0.890. The molecule has 0 aliphatic rings. The Bertz CT molecular complexity index is 285. The van der Waals surface area contributed by atoms with Crippen LogP contribution in [0, 0.1) is 12.7 Å². The molecule has 2 heteroatoms. The third-order valence-electron chi connectivity index (χ3n) is 2.35. The number of benzene rings is 1. The van der Waals surface area contributed by atoms with Crippen molar-refractivity contribution in [2.24, 2.45) is 0 Å². The molecule has 0 aromatic heterocycles. The van der Waals surface area contributed by atoms with E-state index in [-0.39, 0.29) is 5.82 Å². The van der Waals surface area contributed by atoms with Gasteiger partial charge in [-0.3, -0.25) is 0 Å². The van der Waals surface area contributed by atoms with Crippen LogP contribution in [0.1, 0.15) is 31.4 Å². The fraction of sp³-hybridized carbons (Fsp3) is 0.455. The number of rotatable bonds is 2. The molecule has 72 valence electrons. The van der Waals surface area contributed by atoms with E-state index in [2.05, 4.69) is 0 Å². The lowest BCUT2D eigenvalue weighted by molar-refractivity contribution is 0.0527. The number of halogens is 1. The molecule has 0 radical (unpaired) electrons. The van der Waals surface area contributed by atoms with E-state index >= 15 is 0 Å². The SMILES string of the molecule is CC[C@@](C)(O)c1cc(C)cc(F)c1. The minimum absolute atomic E-state index is 0.288. The third kappa shape index (κ3) is 2.28. The van der Waals surface area contributed by atoms with Gasteiger partial charge in [0.25, 0.3) is 0 Å². The maximum absolute atomic E-state index is 13.0. The molecule has 0 aliphatic heterocycles. The van der Waals surface area contributed by atoms with Crippen LogP contribution in [-0.4, -0.2) is 5.11 Å². The Balaban J connectivity index is 3.15. The average Bonchev–Trinajstić information content (AvgIpc) is 2.02. The summed E-state index contributed by atoms with van der Waals surface area (Å²) >= 11 is 0. The molecule has 1 N–H and O–H groups in total. The Morgan fingerprint density at radius 1 is 1.38 bits per heavy atom. The van der Waals surface area contributed by atoms with Crippen molar-refractivity contribution in [2.45, 2.75) is 32.8 Å². The molecular weight excluding hydrogens is 167 g/mol. The third-order valence-corrected chi connectivity index (χ3v) is 2.35. The van der Waals surface area contributed by atoms with E-state index < -0.39 is 5.60 Å². The molecular formula is C11H15FO. The molecule has 0 aliphatic carbocycles. The second-order valence-corrected chi connectivity index (χ2v) is 3.64. The van der Waals surface area contributed by atoms with Gasteiger partial charge in [-0.1, -0.05) is 13.0 Å². The molecule has 1 rings (SSSR count). The highest BCUT2D eigenvalue weighted by Gasteiger charge is 2.20. The standard InChI is InChI=1S/C11H15FO/c1-4-11(3,13)9-5-8(2)6-10(12)7-9/h5-7,13H,4H2,1-3H3/t11-/m1/s1. The van der Waals surface area contributed by atoms with Gasteiger partial charge in [0.1, 0.15) is 5.82 Å². The molecule has 0 unspecified atom stereocenters. The highest BCUT2D eigenvalue weighted by atomic mass is 19.1. The van der Waals surface area contributed by atoms with E-state index in [1.54, 1.807) is 6.92 Å². The molecule has 13 heavy (non-hydrogen) atoms. The Labute approximate surface area is 78.2 Å². The Morgan fingerprint density at radius 2 is 2.00 bits per heavy atom. The summed E-state index contributed by atoms with van der Waals surface area (Å²) in [7, 11) is 0. The van der Waals surface area contributed by atoms with Gasteiger partial charge in [0.2, 0.25) is 0 Å². The summed E-state index contributed by atoms with van der Waals surface area (Å²) < 4.78 is 13.0. The molecule has 1 aromatic rings. The molecule has 0 amide bonds. The van der Waals surface area contributed by atoms with Crippen LogP contribution >= 0.6 is 0 Å². The highest BCUT2D eigenvalue weighted by molar-refractivity contribution is 5.27. The molecule has 0 spiro atoms. The van der Waals surface area contributed by atoms with Gasteiger partial charge in [-0.15, -0.1) is 0 Å². The lowest BCUT2D eigenvalue weighted by atomic mass is 9.92. The summed E-state index contributed by atoms with van der Waals surface area (Å²) in [4.78, 5) is 0. The van der Waals surface area contributed by atoms with Crippen LogP contribution in [0.15, 0.2) is 18.2 Å². The van der Waals surface area contributed by atoms with Gasteiger partial charge in [-0.05, 0) is 43.5 Å². The smallest absolute Gasteiger partial charge is 0.123 e. The summed E-state index contributed by atoms with van der Waals surface area (Å²) in [5, 5.41) is 9.88. The van der Waals surface area contributed by atoms with Gasteiger partial charge < -0.3 is 5.11 Å². The number of aliphatic hydroxyl groups is 1. The number of aryl methyl sites for hydroxylation is 1. The maximum Gasteiger partial charge on any atom is 0.123 e. The Kier molecular flexibility index (Phi) is 2.71. The number of hydrogen-bond donors (Lipinski definition) is 1. The first-order chi connectivity index (χ1) is 5.95. The zero-order valence-corrected chi connectivity index (χ0v) is 8.26. The van der Waals surface area contributed by atoms with Crippen molar-refractivity contribution in [1.82, 2.24) is 0 Å². The quantitative estimate of drug-likeness (QED) is 0.745. The van der Waals surface area contributed by atoms with E-state index in [0.29, 0.717) is 12.0 Å². The normalized spacial score (nSPS) is 15.5. The van der Waals surface area contributed by atoms with Crippen LogP contribution in [-0.2, 0) is 5.60 Å². The van der Waals surface area contributed by atoms with Crippen LogP contribution < -0.4 is 0 Å². The molecule has 0 saturated heterocycles. The molecule has 1 aromatic carbocycles. The van der Waals surface area contributed by atoms with Crippen molar-refractivity contribution >= 4 is 0 Å². The lowest BCUT2D eigenvalue weighted by Crippen LogP contribution is -2.19. The number of hydrogen-bond acceptors (Lipinski definition) is 1. The van der Waals surface area contributed by atoms with Crippen molar-refractivity contribution in [3.63, 3.8) is 0 Å². The monoisotopic (exact) mass is 182 g/mol. The molecule has 0 fully saturated rings. The van der Waals surface area contributed by atoms with E-state index in [1.807, 2.05) is 19.9 Å². The van der Waals surface area contributed by atoms with Gasteiger partial charge in [-0.2, -0.15) is 0 Å². The summed E-state index contributed by atoms with van der Waals surface area (Å²) in [6, 6.07) is 4.65. The van der Waals surface area contributed by atoms with Gasteiger partial charge in [-0.25, -0.2) is 4.39 Å². The molecule has 0 bridgehead atoms. The summed E-state index contributed by atoms with van der Waals surface area (Å²) in [6.45, 7) is 5.39. The predicted octanol–water partition coefficient (Wildman–Crippen LogP) is 2.75. The first-order valence-corrected chi connectivity index (χ1v) is 4.46.